The number of rotatable bonds is 3. The molecule has 3 nitrogen and oxygen atoms in total. The molecule has 1 aliphatic heterocycles. The van der Waals surface area contributed by atoms with E-state index in [1.807, 2.05) is 4.68 Å². The second-order valence-corrected chi connectivity index (χ2v) is 6.40. The minimum absolute atomic E-state index is 0.364. The van der Waals surface area contributed by atoms with Crippen LogP contribution in [0.3, 0.4) is 0 Å². The highest BCUT2D eigenvalue weighted by Crippen LogP contribution is 2.46. The minimum Gasteiger partial charge on any atom is -0.311 e. The molecule has 2 aliphatic rings. The first kappa shape index (κ1) is 11.7. The van der Waals surface area contributed by atoms with Crippen LogP contribution in [0.1, 0.15) is 37.1 Å². The Kier molecular flexibility index (Phi) is 2.82. The standard InChI is InChI=1S/C13H20BrN3/c1-9-12(14)11(17(2)16-9)8-13(10-4-5-10)6-3-7-15-13/h10,15H,3-8H2,1-2H3. The van der Waals surface area contributed by atoms with Crippen LogP contribution < -0.4 is 5.32 Å². The molecule has 3 rings (SSSR count). The van der Waals surface area contributed by atoms with E-state index in [1.165, 1.54) is 42.4 Å². The van der Waals surface area contributed by atoms with Gasteiger partial charge >= 0.3 is 0 Å². The first-order valence-corrected chi connectivity index (χ1v) is 7.35. The zero-order valence-electron chi connectivity index (χ0n) is 10.6. The fourth-order valence-corrected chi connectivity index (χ4v) is 3.76. The maximum Gasteiger partial charge on any atom is 0.0738 e. The normalized spacial score (nSPS) is 28.9. The Balaban J connectivity index is 1.89. The largest absolute Gasteiger partial charge is 0.311 e. The summed E-state index contributed by atoms with van der Waals surface area (Å²) in [5, 5.41) is 8.29. The van der Waals surface area contributed by atoms with Gasteiger partial charge in [-0.15, -0.1) is 0 Å². The van der Waals surface area contributed by atoms with Crippen molar-refractivity contribution in [3.05, 3.63) is 15.9 Å². The highest BCUT2D eigenvalue weighted by Gasteiger charge is 2.47. The van der Waals surface area contributed by atoms with Crippen molar-refractivity contribution < 1.29 is 0 Å². The number of hydrogen-bond donors (Lipinski definition) is 1. The zero-order chi connectivity index (χ0) is 12.0. The molecule has 1 saturated carbocycles. The van der Waals surface area contributed by atoms with E-state index in [0.717, 1.165) is 18.0 Å². The molecular weight excluding hydrogens is 278 g/mol. The molecule has 0 spiro atoms. The monoisotopic (exact) mass is 297 g/mol. The molecule has 1 unspecified atom stereocenters. The Bertz CT molecular complexity index is 428. The number of hydrogen-bond acceptors (Lipinski definition) is 2. The van der Waals surface area contributed by atoms with Crippen molar-refractivity contribution in [3.8, 4) is 0 Å². The third kappa shape index (κ3) is 1.95. The molecule has 1 aliphatic carbocycles. The van der Waals surface area contributed by atoms with Crippen LogP contribution in [0.5, 0.6) is 0 Å². The third-order valence-corrected chi connectivity index (χ3v) is 5.41. The van der Waals surface area contributed by atoms with E-state index in [2.05, 4.69) is 40.3 Å². The highest BCUT2D eigenvalue weighted by atomic mass is 79.9. The Morgan fingerprint density at radius 1 is 1.53 bits per heavy atom. The lowest BCUT2D eigenvalue weighted by atomic mass is 9.86. The average molecular weight is 298 g/mol. The van der Waals surface area contributed by atoms with Crippen molar-refractivity contribution in [1.82, 2.24) is 15.1 Å². The molecule has 1 N–H and O–H groups in total. The van der Waals surface area contributed by atoms with Gasteiger partial charge in [0.15, 0.2) is 0 Å². The van der Waals surface area contributed by atoms with Crippen molar-refractivity contribution in [2.75, 3.05) is 6.54 Å². The lowest BCUT2D eigenvalue weighted by molar-refractivity contribution is 0.316. The number of aryl methyl sites for hydroxylation is 2. The summed E-state index contributed by atoms with van der Waals surface area (Å²) in [7, 11) is 2.06. The number of nitrogens with one attached hydrogen (secondary N) is 1. The molecular formula is C13H20BrN3. The number of aromatic nitrogens is 2. The third-order valence-electron chi connectivity index (χ3n) is 4.38. The van der Waals surface area contributed by atoms with Crippen LogP contribution in [0.15, 0.2) is 4.47 Å². The van der Waals surface area contributed by atoms with Gasteiger partial charge in [0.05, 0.1) is 15.9 Å². The number of nitrogens with zero attached hydrogens (tertiary/aromatic N) is 2. The molecule has 4 heteroatoms. The van der Waals surface area contributed by atoms with Crippen molar-refractivity contribution in [3.63, 3.8) is 0 Å². The quantitative estimate of drug-likeness (QED) is 0.929. The summed E-state index contributed by atoms with van der Waals surface area (Å²) in [6.07, 6.45) is 6.58. The summed E-state index contributed by atoms with van der Waals surface area (Å²) in [6, 6.07) is 0. The molecule has 0 aromatic carbocycles. The molecule has 0 bridgehead atoms. The maximum atomic E-state index is 4.51. The summed E-state index contributed by atoms with van der Waals surface area (Å²) in [5.74, 6) is 0.895. The van der Waals surface area contributed by atoms with Gasteiger partial charge in [0.2, 0.25) is 0 Å². The fraction of sp³-hybridized carbons (Fsp3) is 0.769. The van der Waals surface area contributed by atoms with Crippen molar-refractivity contribution in [1.29, 1.82) is 0 Å². The van der Waals surface area contributed by atoms with Crippen molar-refractivity contribution in [2.24, 2.45) is 13.0 Å². The predicted octanol–water partition coefficient (Wildman–Crippen LogP) is 2.57. The van der Waals surface area contributed by atoms with Crippen LogP contribution in [0, 0.1) is 12.8 Å². The Morgan fingerprint density at radius 3 is 2.76 bits per heavy atom. The molecule has 17 heavy (non-hydrogen) atoms. The van der Waals surface area contributed by atoms with Crippen molar-refractivity contribution >= 4 is 15.9 Å². The molecule has 0 amide bonds. The van der Waals surface area contributed by atoms with Crippen LogP contribution >= 0.6 is 15.9 Å². The SMILES string of the molecule is Cc1nn(C)c(CC2(C3CC3)CCCN2)c1Br. The topological polar surface area (TPSA) is 29.9 Å². The van der Waals surface area contributed by atoms with E-state index < -0.39 is 0 Å². The van der Waals surface area contributed by atoms with Crippen LogP contribution in [-0.2, 0) is 13.5 Å². The molecule has 2 heterocycles. The molecule has 1 aromatic heterocycles. The summed E-state index contributed by atoms with van der Waals surface area (Å²) < 4.78 is 3.25. The fourth-order valence-electron chi connectivity index (χ4n) is 3.28. The van der Waals surface area contributed by atoms with Crippen LogP contribution in [0.2, 0.25) is 0 Å². The summed E-state index contributed by atoms with van der Waals surface area (Å²) in [5.41, 5.74) is 2.82. The lowest BCUT2D eigenvalue weighted by Gasteiger charge is -2.30. The Labute approximate surface area is 111 Å². The van der Waals surface area contributed by atoms with Gasteiger partial charge in [-0.2, -0.15) is 5.10 Å². The molecule has 1 aromatic rings. The van der Waals surface area contributed by atoms with E-state index in [1.54, 1.807) is 0 Å². The van der Waals surface area contributed by atoms with Gasteiger partial charge in [0.25, 0.3) is 0 Å². The lowest BCUT2D eigenvalue weighted by Crippen LogP contribution is -2.44. The van der Waals surface area contributed by atoms with Crippen LogP contribution in [-0.4, -0.2) is 21.9 Å². The highest BCUT2D eigenvalue weighted by molar-refractivity contribution is 9.10. The van der Waals surface area contributed by atoms with Crippen LogP contribution in [0.4, 0.5) is 0 Å². The second-order valence-electron chi connectivity index (χ2n) is 5.61. The van der Waals surface area contributed by atoms with Crippen molar-refractivity contribution in [2.45, 2.75) is 44.6 Å². The number of halogens is 1. The van der Waals surface area contributed by atoms with Gasteiger partial charge in [-0.1, -0.05) is 0 Å². The predicted molar refractivity (Wildman–Crippen MR) is 72.0 cm³/mol. The smallest absolute Gasteiger partial charge is 0.0738 e. The van der Waals surface area contributed by atoms with E-state index in [0.29, 0.717) is 5.54 Å². The molecule has 0 radical (unpaired) electrons. The van der Waals surface area contributed by atoms with Gasteiger partial charge in [-0.05, 0) is 61.0 Å². The summed E-state index contributed by atoms with van der Waals surface area (Å²) in [4.78, 5) is 0. The molecule has 1 saturated heterocycles. The molecule has 1 atom stereocenters. The molecule has 94 valence electrons. The van der Waals surface area contributed by atoms with Gasteiger partial charge in [0.1, 0.15) is 0 Å². The summed E-state index contributed by atoms with van der Waals surface area (Å²) >= 11 is 3.69. The van der Waals surface area contributed by atoms with E-state index in [4.69, 9.17) is 0 Å². The van der Waals surface area contributed by atoms with E-state index in [9.17, 15) is 0 Å². The van der Waals surface area contributed by atoms with Gasteiger partial charge in [-0.25, -0.2) is 0 Å². The van der Waals surface area contributed by atoms with Gasteiger partial charge in [0, 0.05) is 19.0 Å². The summed E-state index contributed by atoms with van der Waals surface area (Å²) in [6.45, 7) is 3.25. The first-order chi connectivity index (χ1) is 8.12. The second kappa shape index (κ2) is 4.09. The first-order valence-electron chi connectivity index (χ1n) is 6.55. The van der Waals surface area contributed by atoms with E-state index in [-0.39, 0.29) is 0 Å². The van der Waals surface area contributed by atoms with E-state index >= 15 is 0 Å². The maximum absolute atomic E-state index is 4.51. The van der Waals surface area contributed by atoms with Gasteiger partial charge in [-0.3, -0.25) is 4.68 Å². The zero-order valence-corrected chi connectivity index (χ0v) is 12.2. The Hall–Kier alpha value is -0.350. The minimum atomic E-state index is 0.364. The van der Waals surface area contributed by atoms with Crippen LogP contribution in [0.25, 0.3) is 0 Å². The average Bonchev–Trinajstić information content (AvgIpc) is 3.01. The molecule has 2 fully saturated rings. The Morgan fingerprint density at radius 2 is 2.29 bits per heavy atom. The van der Waals surface area contributed by atoms with Gasteiger partial charge < -0.3 is 5.32 Å².